The Balaban J connectivity index is 2.08. The van der Waals surface area contributed by atoms with Gasteiger partial charge in [-0.2, -0.15) is 0 Å². The van der Waals surface area contributed by atoms with E-state index in [1.165, 1.54) is 12.1 Å². The third-order valence-corrected chi connectivity index (χ3v) is 4.65. The first-order chi connectivity index (χ1) is 8.82. The molecule has 1 saturated carbocycles. The summed E-state index contributed by atoms with van der Waals surface area (Å²) < 4.78 is 26.1. The van der Waals surface area contributed by atoms with Crippen LogP contribution < -0.4 is 4.72 Å². The Hall–Kier alpha value is -1.51. The van der Waals surface area contributed by atoms with E-state index in [0.29, 0.717) is 12.8 Å². The van der Waals surface area contributed by atoms with Crippen molar-refractivity contribution in [2.24, 2.45) is 0 Å². The van der Waals surface area contributed by atoms with E-state index in [2.05, 4.69) is 4.72 Å². The number of sulfonamides is 1. The molecule has 1 aromatic rings. The number of nitro benzene ring substituents is 1. The van der Waals surface area contributed by atoms with E-state index < -0.39 is 20.5 Å². The molecule has 7 nitrogen and oxygen atoms in total. The van der Waals surface area contributed by atoms with Gasteiger partial charge in [0, 0.05) is 18.7 Å². The van der Waals surface area contributed by atoms with Crippen molar-refractivity contribution in [1.29, 1.82) is 0 Å². The number of aliphatic hydroxyl groups is 1. The molecule has 1 aliphatic rings. The molecule has 19 heavy (non-hydrogen) atoms. The van der Waals surface area contributed by atoms with E-state index in [9.17, 15) is 23.6 Å². The maximum Gasteiger partial charge on any atom is 0.269 e. The van der Waals surface area contributed by atoms with Crippen molar-refractivity contribution in [3.05, 3.63) is 34.4 Å². The zero-order valence-corrected chi connectivity index (χ0v) is 10.9. The average molecular weight is 286 g/mol. The number of hydrogen-bond donors (Lipinski definition) is 2. The molecule has 0 radical (unpaired) electrons. The number of nitro groups is 1. The number of nitrogens with zero attached hydrogens (tertiary/aromatic N) is 1. The summed E-state index contributed by atoms with van der Waals surface area (Å²) in [6.07, 6.45) is 2.04. The summed E-state index contributed by atoms with van der Waals surface area (Å²) >= 11 is 0. The molecule has 0 aromatic heterocycles. The third-order valence-electron chi connectivity index (χ3n) is 3.23. The summed E-state index contributed by atoms with van der Waals surface area (Å²) in [5.74, 6) is 0. The quantitative estimate of drug-likeness (QED) is 0.614. The van der Waals surface area contributed by atoms with E-state index in [-0.39, 0.29) is 17.1 Å². The molecule has 0 saturated heterocycles. The molecule has 1 fully saturated rings. The minimum Gasteiger partial charge on any atom is -0.389 e. The van der Waals surface area contributed by atoms with Crippen molar-refractivity contribution >= 4 is 15.7 Å². The van der Waals surface area contributed by atoms with Crippen molar-refractivity contribution in [1.82, 2.24) is 4.72 Å². The van der Waals surface area contributed by atoms with Gasteiger partial charge >= 0.3 is 0 Å². The summed E-state index contributed by atoms with van der Waals surface area (Å²) in [6, 6.07) is 4.61. The van der Waals surface area contributed by atoms with Gasteiger partial charge in [0.2, 0.25) is 10.0 Å². The first kappa shape index (κ1) is 13.9. The Morgan fingerprint density at radius 1 is 1.32 bits per heavy atom. The summed E-state index contributed by atoms with van der Waals surface area (Å²) in [7, 11) is -3.74. The van der Waals surface area contributed by atoms with Crippen LogP contribution in [0.15, 0.2) is 29.2 Å². The number of hydrogen-bond acceptors (Lipinski definition) is 5. The van der Waals surface area contributed by atoms with Crippen LogP contribution >= 0.6 is 0 Å². The Bertz CT molecular complexity index is 578. The lowest BCUT2D eigenvalue weighted by atomic mass is 9.81. The zero-order chi connectivity index (χ0) is 14.1. The lowest BCUT2D eigenvalue weighted by Crippen LogP contribution is -2.47. The second kappa shape index (κ2) is 4.87. The number of benzene rings is 1. The Morgan fingerprint density at radius 2 is 1.89 bits per heavy atom. The SMILES string of the molecule is O=[N+]([O-])c1ccc(S(=O)(=O)NCC2(O)CCC2)cc1. The van der Waals surface area contributed by atoms with Crippen molar-refractivity contribution in [3.8, 4) is 0 Å². The van der Waals surface area contributed by atoms with Gasteiger partial charge < -0.3 is 5.11 Å². The molecular weight excluding hydrogens is 272 g/mol. The molecule has 0 aliphatic heterocycles. The van der Waals surface area contributed by atoms with E-state index >= 15 is 0 Å². The average Bonchev–Trinajstić information content (AvgIpc) is 2.34. The molecule has 8 heteroatoms. The van der Waals surface area contributed by atoms with Gasteiger partial charge in [-0.05, 0) is 31.4 Å². The van der Waals surface area contributed by atoms with Crippen LogP contribution in [0.1, 0.15) is 19.3 Å². The van der Waals surface area contributed by atoms with Gasteiger partial charge in [-0.25, -0.2) is 13.1 Å². The molecule has 0 bridgehead atoms. The molecule has 1 aliphatic carbocycles. The fraction of sp³-hybridized carbons (Fsp3) is 0.455. The van der Waals surface area contributed by atoms with Crippen LogP contribution in [-0.2, 0) is 10.0 Å². The van der Waals surface area contributed by atoms with Crippen LogP contribution in [0.4, 0.5) is 5.69 Å². The van der Waals surface area contributed by atoms with E-state index in [1.54, 1.807) is 0 Å². The second-order valence-corrected chi connectivity index (χ2v) is 6.42. The fourth-order valence-electron chi connectivity index (χ4n) is 1.82. The number of rotatable bonds is 5. The van der Waals surface area contributed by atoms with Crippen LogP contribution in [-0.4, -0.2) is 30.6 Å². The highest BCUT2D eigenvalue weighted by molar-refractivity contribution is 7.89. The van der Waals surface area contributed by atoms with Crippen LogP contribution in [0.2, 0.25) is 0 Å². The topological polar surface area (TPSA) is 110 Å². The van der Waals surface area contributed by atoms with Gasteiger partial charge in [-0.1, -0.05) is 0 Å². The first-order valence-electron chi connectivity index (χ1n) is 5.79. The minimum atomic E-state index is -3.74. The van der Waals surface area contributed by atoms with Gasteiger partial charge in [-0.3, -0.25) is 10.1 Å². The zero-order valence-electron chi connectivity index (χ0n) is 10.1. The maximum atomic E-state index is 11.9. The lowest BCUT2D eigenvalue weighted by molar-refractivity contribution is -0.384. The Kier molecular flexibility index (Phi) is 3.57. The molecule has 0 heterocycles. The summed E-state index contributed by atoms with van der Waals surface area (Å²) in [5, 5.41) is 20.3. The van der Waals surface area contributed by atoms with Crippen LogP contribution in [0.3, 0.4) is 0 Å². The Labute approximate surface area is 110 Å². The highest BCUT2D eigenvalue weighted by Crippen LogP contribution is 2.31. The maximum absolute atomic E-state index is 11.9. The monoisotopic (exact) mass is 286 g/mol. The minimum absolute atomic E-state index is 0.0354. The first-order valence-corrected chi connectivity index (χ1v) is 7.27. The predicted octanol–water partition coefficient (Wildman–Crippen LogP) is 0.788. The normalized spacial score (nSPS) is 17.7. The van der Waals surface area contributed by atoms with Crippen LogP contribution in [0.5, 0.6) is 0 Å². The summed E-state index contributed by atoms with van der Waals surface area (Å²) in [4.78, 5) is 9.82. The molecule has 0 amide bonds. The van der Waals surface area contributed by atoms with Crippen LogP contribution in [0.25, 0.3) is 0 Å². The third kappa shape index (κ3) is 3.09. The van der Waals surface area contributed by atoms with Gasteiger partial charge in [0.25, 0.3) is 5.69 Å². The molecule has 0 spiro atoms. The molecular formula is C11H14N2O5S. The van der Waals surface area contributed by atoms with Crippen molar-refractivity contribution in [3.63, 3.8) is 0 Å². The number of nitrogens with one attached hydrogen (secondary N) is 1. The van der Waals surface area contributed by atoms with Crippen molar-refractivity contribution in [2.75, 3.05) is 6.54 Å². The largest absolute Gasteiger partial charge is 0.389 e. The van der Waals surface area contributed by atoms with Crippen molar-refractivity contribution in [2.45, 2.75) is 29.8 Å². The molecule has 2 N–H and O–H groups in total. The van der Waals surface area contributed by atoms with E-state index in [1.807, 2.05) is 0 Å². The molecule has 1 aromatic carbocycles. The van der Waals surface area contributed by atoms with E-state index in [0.717, 1.165) is 18.6 Å². The standard InChI is InChI=1S/C11H14N2O5S/c14-11(6-1-7-11)8-12-19(17,18)10-4-2-9(3-5-10)13(15)16/h2-5,12,14H,1,6-8H2. The fourth-order valence-corrected chi connectivity index (χ4v) is 2.94. The molecule has 2 rings (SSSR count). The molecule has 0 atom stereocenters. The predicted molar refractivity (Wildman–Crippen MR) is 67.1 cm³/mol. The highest BCUT2D eigenvalue weighted by Gasteiger charge is 2.35. The highest BCUT2D eigenvalue weighted by atomic mass is 32.2. The number of non-ortho nitro benzene ring substituents is 1. The van der Waals surface area contributed by atoms with Gasteiger partial charge in [0.1, 0.15) is 0 Å². The van der Waals surface area contributed by atoms with Gasteiger partial charge in [0.05, 0.1) is 15.4 Å². The second-order valence-electron chi connectivity index (χ2n) is 4.65. The van der Waals surface area contributed by atoms with Gasteiger partial charge in [-0.15, -0.1) is 0 Å². The molecule has 104 valence electrons. The van der Waals surface area contributed by atoms with E-state index in [4.69, 9.17) is 0 Å². The van der Waals surface area contributed by atoms with Crippen molar-refractivity contribution < 1.29 is 18.4 Å². The summed E-state index contributed by atoms with van der Waals surface area (Å²) in [5.41, 5.74) is -1.12. The lowest BCUT2D eigenvalue weighted by Gasteiger charge is -2.36. The molecule has 0 unspecified atom stereocenters. The Morgan fingerprint density at radius 3 is 2.32 bits per heavy atom. The van der Waals surface area contributed by atoms with Gasteiger partial charge in [0.15, 0.2) is 0 Å². The smallest absolute Gasteiger partial charge is 0.269 e. The van der Waals surface area contributed by atoms with Crippen LogP contribution in [0, 0.1) is 10.1 Å². The summed E-state index contributed by atoms with van der Waals surface area (Å²) in [6.45, 7) is -0.0354.